The monoisotopic (exact) mass is 174 g/mol. The van der Waals surface area contributed by atoms with Gasteiger partial charge < -0.3 is 16.2 Å². The van der Waals surface area contributed by atoms with E-state index in [4.69, 9.17) is 10.8 Å². The molecule has 4 nitrogen and oxygen atoms in total. The molecule has 0 aliphatic heterocycles. The van der Waals surface area contributed by atoms with Gasteiger partial charge in [-0.1, -0.05) is 20.8 Å². The van der Waals surface area contributed by atoms with Crippen LogP contribution >= 0.6 is 0 Å². The Morgan fingerprint density at radius 2 is 2.08 bits per heavy atom. The van der Waals surface area contributed by atoms with Crippen LogP contribution in [0.5, 0.6) is 0 Å². The summed E-state index contributed by atoms with van der Waals surface area (Å²) in [6.45, 7) is 7.32. The van der Waals surface area contributed by atoms with Crippen molar-refractivity contribution in [1.82, 2.24) is 5.32 Å². The average Bonchev–Trinajstić information content (AvgIpc) is 1.84. The first kappa shape index (κ1) is 11.4. The van der Waals surface area contributed by atoms with E-state index in [1.165, 1.54) is 0 Å². The van der Waals surface area contributed by atoms with Gasteiger partial charge in [-0.2, -0.15) is 0 Å². The van der Waals surface area contributed by atoms with Crippen LogP contribution in [0.3, 0.4) is 0 Å². The summed E-state index contributed by atoms with van der Waals surface area (Å²) < 4.78 is 0. The Balaban J connectivity index is 3.51. The van der Waals surface area contributed by atoms with Crippen LogP contribution in [0.4, 0.5) is 0 Å². The Labute approximate surface area is 73.1 Å². The molecule has 0 aliphatic rings. The molecule has 0 amide bonds. The summed E-state index contributed by atoms with van der Waals surface area (Å²) in [4.78, 5) is 10.3. The molecule has 0 aromatic rings. The smallest absolute Gasteiger partial charge is 0.321 e. The number of nitrogens with two attached hydrogens (primary N) is 1. The van der Waals surface area contributed by atoms with Crippen LogP contribution in [0.25, 0.3) is 0 Å². The zero-order chi connectivity index (χ0) is 9.78. The Bertz CT molecular complexity index is 152. The second kappa shape index (κ2) is 4.42. The number of aliphatic carboxylic acids is 1. The zero-order valence-corrected chi connectivity index (χ0v) is 7.92. The van der Waals surface area contributed by atoms with Gasteiger partial charge in [-0.05, 0) is 5.41 Å². The predicted octanol–water partition coefficient (Wildman–Crippen LogP) is 0.0340. The fourth-order valence-corrected chi connectivity index (χ4v) is 0.690. The van der Waals surface area contributed by atoms with Gasteiger partial charge in [-0.15, -0.1) is 0 Å². The standard InChI is InChI=1S/C8H18N2O2/c1-8(2,3)5-10-4-6(9)7(11)12/h6,10H,4-5,9H2,1-3H3,(H,11,12). The second-order valence-electron chi connectivity index (χ2n) is 4.14. The van der Waals surface area contributed by atoms with E-state index < -0.39 is 12.0 Å². The normalized spacial score (nSPS) is 14.3. The molecule has 0 radical (unpaired) electrons. The molecule has 1 unspecified atom stereocenters. The number of rotatable bonds is 4. The predicted molar refractivity (Wildman–Crippen MR) is 47.9 cm³/mol. The van der Waals surface area contributed by atoms with Crippen molar-refractivity contribution in [1.29, 1.82) is 0 Å². The van der Waals surface area contributed by atoms with Crippen LogP contribution in [0.1, 0.15) is 20.8 Å². The molecule has 0 spiro atoms. The van der Waals surface area contributed by atoms with Crippen LogP contribution < -0.4 is 11.1 Å². The maximum atomic E-state index is 10.3. The van der Waals surface area contributed by atoms with Crippen molar-refractivity contribution in [3.8, 4) is 0 Å². The average molecular weight is 174 g/mol. The summed E-state index contributed by atoms with van der Waals surface area (Å²) >= 11 is 0. The van der Waals surface area contributed by atoms with Gasteiger partial charge in [-0.3, -0.25) is 4.79 Å². The van der Waals surface area contributed by atoms with Crippen LogP contribution in [0.2, 0.25) is 0 Å². The lowest BCUT2D eigenvalue weighted by Gasteiger charge is -2.19. The molecule has 0 aliphatic carbocycles. The van der Waals surface area contributed by atoms with Gasteiger partial charge in [0.15, 0.2) is 0 Å². The highest BCUT2D eigenvalue weighted by atomic mass is 16.4. The fraction of sp³-hybridized carbons (Fsp3) is 0.875. The number of hydrogen-bond acceptors (Lipinski definition) is 3. The lowest BCUT2D eigenvalue weighted by Crippen LogP contribution is -2.42. The lowest BCUT2D eigenvalue weighted by molar-refractivity contribution is -0.138. The van der Waals surface area contributed by atoms with Crippen molar-refractivity contribution in [2.75, 3.05) is 13.1 Å². The van der Waals surface area contributed by atoms with Gasteiger partial charge in [0, 0.05) is 13.1 Å². The van der Waals surface area contributed by atoms with Crippen LogP contribution in [-0.4, -0.2) is 30.2 Å². The van der Waals surface area contributed by atoms with E-state index in [1.807, 2.05) is 0 Å². The number of carboxylic acids is 1. The highest BCUT2D eigenvalue weighted by molar-refractivity contribution is 5.73. The Kier molecular flexibility index (Phi) is 4.20. The molecule has 0 heterocycles. The van der Waals surface area contributed by atoms with Crippen LogP contribution in [0.15, 0.2) is 0 Å². The lowest BCUT2D eigenvalue weighted by atomic mass is 9.97. The second-order valence-corrected chi connectivity index (χ2v) is 4.14. The molecule has 72 valence electrons. The van der Waals surface area contributed by atoms with E-state index >= 15 is 0 Å². The maximum Gasteiger partial charge on any atom is 0.321 e. The summed E-state index contributed by atoms with van der Waals surface area (Å²) in [6.07, 6.45) is 0. The van der Waals surface area contributed by atoms with Gasteiger partial charge in [0.05, 0.1) is 0 Å². The van der Waals surface area contributed by atoms with Gasteiger partial charge in [0.25, 0.3) is 0 Å². The van der Waals surface area contributed by atoms with Gasteiger partial charge in [0.2, 0.25) is 0 Å². The molecule has 12 heavy (non-hydrogen) atoms. The molecule has 0 aromatic heterocycles. The molecule has 4 N–H and O–H groups in total. The summed E-state index contributed by atoms with van der Waals surface area (Å²) in [7, 11) is 0. The van der Waals surface area contributed by atoms with Gasteiger partial charge in [0.1, 0.15) is 6.04 Å². The van der Waals surface area contributed by atoms with Crippen LogP contribution in [-0.2, 0) is 4.79 Å². The van der Waals surface area contributed by atoms with E-state index in [-0.39, 0.29) is 5.41 Å². The largest absolute Gasteiger partial charge is 0.480 e. The summed E-state index contributed by atoms with van der Waals surface area (Å²) in [5.41, 5.74) is 5.45. The Morgan fingerprint density at radius 1 is 1.58 bits per heavy atom. The third-order valence-corrected chi connectivity index (χ3v) is 1.34. The molecular weight excluding hydrogens is 156 g/mol. The molecule has 0 fully saturated rings. The van der Waals surface area contributed by atoms with Crippen molar-refractivity contribution in [2.24, 2.45) is 11.1 Å². The molecule has 1 atom stereocenters. The molecule has 0 saturated heterocycles. The van der Waals surface area contributed by atoms with E-state index in [1.54, 1.807) is 0 Å². The minimum absolute atomic E-state index is 0.165. The quantitative estimate of drug-likeness (QED) is 0.562. The first-order chi connectivity index (χ1) is 5.33. The highest BCUT2D eigenvalue weighted by Crippen LogP contribution is 2.09. The summed E-state index contributed by atoms with van der Waals surface area (Å²) in [5.74, 6) is -0.962. The Hall–Kier alpha value is -0.610. The molecule has 0 bridgehead atoms. The van der Waals surface area contributed by atoms with Crippen molar-refractivity contribution >= 4 is 5.97 Å². The van der Waals surface area contributed by atoms with Crippen molar-refractivity contribution in [3.63, 3.8) is 0 Å². The summed E-state index contributed by atoms with van der Waals surface area (Å²) in [6, 6.07) is -0.799. The van der Waals surface area contributed by atoms with Crippen molar-refractivity contribution < 1.29 is 9.90 Å². The first-order valence-electron chi connectivity index (χ1n) is 4.02. The number of carboxylic acid groups (broad SMARTS) is 1. The first-order valence-corrected chi connectivity index (χ1v) is 4.02. The third kappa shape index (κ3) is 6.12. The molecular formula is C8H18N2O2. The fourth-order valence-electron chi connectivity index (χ4n) is 0.690. The molecule has 0 rings (SSSR count). The van der Waals surface area contributed by atoms with Crippen molar-refractivity contribution in [2.45, 2.75) is 26.8 Å². The zero-order valence-electron chi connectivity index (χ0n) is 7.92. The van der Waals surface area contributed by atoms with Crippen LogP contribution in [0, 0.1) is 5.41 Å². The van der Waals surface area contributed by atoms with E-state index in [2.05, 4.69) is 26.1 Å². The van der Waals surface area contributed by atoms with E-state index in [0.717, 1.165) is 6.54 Å². The maximum absolute atomic E-state index is 10.3. The number of carbonyl (C=O) groups is 1. The minimum Gasteiger partial charge on any atom is -0.480 e. The third-order valence-electron chi connectivity index (χ3n) is 1.34. The van der Waals surface area contributed by atoms with E-state index in [9.17, 15) is 4.79 Å². The molecule has 0 saturated carbocycles. The summed E-state index contributed by atoms with van der Waals surface area (Å²) in [5, 5.41) is 11.4. The van der Waals surface area contributed by atoms with Crippen molar-refractivity contribution in [3.05, 3.63) is 0 Å². The molecule has 4 heteroatoms. The highest BCUT2D eigenvalue weighted by Gasteiger charge is 2.13. The van der Waals surface area contributed by atoms with Gasteiger partial charge >= 0.3 is 5.97 Å². The minimum atomic E-state index is -0.962. The SMILES string of the molecule is CC(C)(C)CNCC(N)C(=O)O. The Morgan fingerprint density at radius 3 is 2.42 bits per heavy atom. The number of hydrogen-bond donors (Lipinski definition) is 3. The van der Waals surface area contributed by atoms with Gasteiger partial charge in [-0.25, -0.2) is 0 Å². The van der Waals surface area contributed by atoms with E-state index in [0.29, 0.717) is 6.54 Å². The molecule has 0 aromatic carbocycles. The number of nitrogens with one attached hydrogen (secondary N) is 1. The topological polar surface area (TPSA) is 75.3 Å².